The molecule has 1 aromatic heterocycles. The second-order valence-electron chi connectivity index (χ2n) is 3.01. The number of carbonyl (C=O) groups is 1. The lowest BCUT2D eigenvalue weighted by Gasteiger charge is -1.99. The molecule has 2 N–H and O–H groups in total. The van der Waals surface area contributed by atoms with Gasteiger partial charge < -0.3 is 14.9 Å². The molecule has 1 rings (SSSR count). The molecule has 0 aromatic carbocycles. The van der Waals surface area contributed by atoms with Gasteiger partial charge in [-0.15, -0.1) is 0 Å². The molecule has 0 saturated heterocycles. The Labute approximate surface area is 87.8 Å². The lowest BCUT2D eigenvalue weighted by molar-refractivity contribution is -0.132. The summed E-state index contributed by atoms with van der Waals surface area (Å²) in [6.45, 7) is 2.91. The van der Waals surface area contributed by atoms with Crippen LogP contribution in [0.25, 0.3) is 0 Å². The minimum Gasteiger partial charge on any atom is -0.478 e. The van der Waals surface area contributed by atoms with Gasteiger partial charge in [-0.1, -0.05) is 18.2 Å². The zero-order valence-corrected chi connectivity index (χ0v) is 8.56. The van der Waals surface area contributed by atoms with Crippen molar-refractivity contribution < 1.29 is 14.4 Å². The van der Waals surface area contributed by atoms with Gasteiger partial charge >= 0.3 is 5.97 Å². The predicted molar refractivity (Wildman–Crippen MR) is 54.2 cm³/mol. The van der Waals surface area contributed by atoms with Crippen molar-refractivity contribution in [2.75, 3.05) is 6.54 Å². The van der Waals surface area contributed by atoms with E-state index in [-0.39, 0.29) is 0 Å². The fraction of sp³-hybridized carbons (Fsp3) is 0.400. The number of carboxylic acid groups (broad SMARTS) is 1. The van der Waals surface area contributed by atoms with Crippen LogP contribution in [0.1, 0.15) is 19.0 Å². The molecule has 1 heterocycles. The molecule has 0 radical (unpaired) electrons. The largest absolute Gasteiger partial charge is 0.478 e. The van der Waals surface area contributed by atoms with Gasteiger partial charge in [-0.25, -0.2) is 4.79 Å². The first-order chi connectivity index (χ1) is 7.24. The number of carboxylic acids is 1. The summed E-state index contributed by atoms with van der Waals surface area (Å²) in [6.07, 6.45) is 3.70. The van der Waals surface area contributed by atoms with E-state index in [2.05, 4.69) is 15.0 Å². The van der Waals surface area contributed by atoms with Crippen LogP contribution in [-0.4, -0.2) is 22.8 Å². The van der Waals surface area contributed by atoms with Crippen molar-refractivity contribution in [1.29, 1.82) is 0 Å². The summed E-state index contributed by atoms with van der Waals surface area (Å²) in [7, 11) is 0. The quantitative estimate of drug-likeness (QED) is 0.544. The standard InChI is InChI=1S/C10H14N2O3/c1-2-8(10(13)14)3-5-11-7-9-4-6-15-12-9/h3-4,6,11H,2,5,7H2,1H3,(H,13,14)/b8-3-. The fourth-order valence-electron chi connectivity index (χ4n) is 1.11. The maximum atomic E-state index is 10.6. The average Bonchev–Trinajstić information content (AvgIpc) is 2.70. The molecule has 5 nitrogen and oxygen atoms in total. The van der Waals surface area contributed by atoms with Gasteiger partial charge in [-0.2, -0.15) is 0 Å². The van der Waals surface area contributed by atoms with E-state index in [9.17, 15) is 4.79 Å². The zero-order valence-electron chi connectivity index (χ0n) is 8.56. The molecule has 0 aliphatic rings. The van der Waals surface area contributed by atoms with Crippen molar-refractivity contribution in [3.05, 3.63) is 29.7 Å². The van der Waals surface area contributed by atoms with Crippen LogP contribution < -0.4 is 5.32 Å². The topological polar surface area (TPSA) is 75.4 Å². The Hall–Kier alpha value is -1.62. The third kappa shape index (κ3) is 3.95. The Morgan fingerprint density at radius 3 is 3.07 bits per heavy atom. The lowest BCUT2D eigenvalue weighted by atomic mass is 10.2. The second-order valence-corrected chi connectivity index (χ2v) is 3.01. The summed E-state index contributed by atoms with van der Waals surface area (Å²) in [5.41, 5.74) is 1.22. The molecule has 0 aliphatic heterocycles. The third-order valence-electron chi connectivity index (χ3n) is 1.95. The Bertz CT molecular complexity index is 330. The first-order valence-electron chi connectivity index (χ1n) is 4.76. The highest BCUT2D eigenvalue weighted by atomic mass is 16.5. The number of nitrogens with one attached hydrogen (secondary N) is 1. The van der Waals surface area contributed by atoms with Gasteiger partial charge in [0.05, 0.1) is 5.69 Å². The number of aromatic nitrogens is 1. The highest BCUT2D eigenvalue weighted by Gasteiger charge is 2.02. The van der Waals surface area contributed by atoms with Gasteiger partial charge in [0.1, 0.15) is 6.26 Å². The molecular formula is C10H14N2O3. The van der Waals surface area contributed by atoms with Crippen molar-refractivity contribution in [3.8, 4) is 0 Å². The molecule has 0 spiro atoms. The van der Waals surface area contributed by atoms with Gasteiger partial charge in [-0.3, -0.25) is 0 Å². The van der Waals surface area contributed by atoms with Crippen molar-refractivity contribution in [2.45, 2.75) is 19.9 Å². The maximum absolute atomic E-state index is 10.6. The summed E-state index contributed by atoms with van der Waals surface area (Å²) < 4.78 is 4.65. The monoisotopic (exact) mass is 210 g/mol. The van der Waals surface area contributed by atoms with E-state index in [0.29, 0.717) is 25.1 Å². The van der Waals surface area contributed by atoms with Crippen LogP contribution in [0.15, 0.2) is 28.5 Å². The maximum Gasteiger partial charge on any atom is 0.331 e. The van der Waals surface area contributed by atoms with Crippen LogP contribution >= 0.6 is 0 Å². The molecule has 15 heavy (non-hydrogen) atoms. The Morgan fingerprint density at radius 1 is 1.73 bits per heavy atom. The fourth-order valence-corrected chi connectivity index (χ4v) is 1.11. The van der Waals surface area contributed by atoms with Gasteiger partial charge in [0.2, 0.25) is 0 Å². The number of rotatable bonds is 6. The molecule has 0 amide bonds. The van der Waals surface area contributed by atoms with Crippen LogP contribution in [0.3, 0.4) is 0 Å². The van der Waals surface area contributed by atoms with Gasteiger partial charge in [0, 0.05) is 24.7 Å². The van der Waals surface area contributed by atoms with Crippen molar-refractivity contribution in [3.63, 3.8) is 0 Å². The normalized spacial score (nSPS) is 11.7. The van der Waals surface area contributed by atoms with E-state index in [1.165, 1.54) is 6.26 Å². The molecule has 0 saturated carbocycles. The van der Waals surface area contributed by atoms with E-state index in [1.54, 1.807) is 12.1 Å². The molecule has 0 bridgehead atoms. The van der Waals surface area contributed by atoms with Gasteiger partial charge in [0.25, 0.3) is 0 Å². The second kappa shape index (κ2) is 5.98. The molecule has 0 unspecified atom stereocenters. The molecule has 5 heteroatoms. The summed E-state index contributed by atoms with van der Waals surface area (Å²) in [4.78, 5) is 10.6. The minimum absolute atomic E-state index is 0.419. The minimum atomic E-state index is -0.860. The predicted octanol–water partition coefficient (Wildman–Crippen LogP) is 1.19. The number of hydrogen-bond donors (Lipinski definition) is 2. The lowest BCUT2D eigenvalue weighted by Crippen LogP contribution is -2.14. The van der Waals surface area contributed by atoms with Crippen LogP contribution in [0.2, 0.25) is 0 Å². The molecular weight excluding hydrogens is 196 g/mol. The van der Waals surface area contributed by atoms with Crippen LogP contribution in [-0.2, 0) is 11.3 Å². The molecule has 0 atom stereocenters. The first kappa shape index (κ1) is 11.5. The van der Waals surface area contributed by atoms with E-state index >= 15 is 0 Å². The molecule has 1 aromatic rings. The summed E-state index contributed by atoms with van der Waals surface area (Å²) in [5, 5.41) is 15.5. The smallest absolute Gasteiger partial charge is 0.331 e. The Morgan fingerprint density at radius 2 is 2.53 bits per heavy atom. The van der Waals surface area contributed by atoms with Gasteiger partial charge in [0.15, 0.2) is 0 Å². The van der Waals surface area contributed by atoms with E-state index < -0.39 is 5.97 Å². The van der Waals surface area contributed by atoms with E-state index in [1.807, 2.05) is 6.92 Å². The Kier molecular flexibility index (Phi) is 4.56. The van der Waals surface area contributed by atoms with Crippen LogP contribution in [0.4, 0.5) is 0 Å². The van der Waals surface area contributed by atoms with Gasteiger partial charge in [-0.05, 0) is 6.42 Å². The zero-order chi connectivity index (χ0) is 11.1. The SMILES string of the molecule is CC/C(=C/CNCc1ccon1)C(=O)O. The summed E-state index contributed by atoms with van der Waals surface area (Å²) in [5.74, 6) is -0.860. The molecule has 0 fully saturated rings. The highest BCUT2D eigenvalue weighted by molar-refractivity contribution is 5.86. The Balaban J connectivity index is 2.28. The molecule has 82 valence electrons. The van der Waals surface area contributed by atoms with Crippen molar-refractivity contribution in [2.24, 2.45) is 0 Å². The third-order valence-corrected chi connectivity index (χ3v) is 1.95. The summed E-state index contributed by atoms with van der Waals surface area (Å²) in [6, 6.07) is 1.76. The van der Waals surface area contributed by atoms with Crippen molar-refractivity contribution in [1.82, 2.24) is 10.5 Å². The van der Waals surface area contributed by atoms with E-state index in [0.717, 1.165) is 5.69 Å². The van der Waals surface area contributed by atoms with E-state index in [4.69, 9.17) is 5.11 Å². The van der Waals surface area contributed by atoms with Crippen LogP contribution in [0, 0.1) is 0 Å². The number of nitrogens with zero attached hydrogens (tertiary/aromatic N) is 1. The molecule has 0 aliphatic carbocycles. The van der Waals surface area contributed by atoms with Crippen molar-refractivity contribution >= 4 is 5.97 Å². The highest BCUT2D eigenvalue weighted by Crippen LogP contribution is 1.99. The number of hydrogen-bond acceptors (Lipinski definition) is 4. The average molecular weight is 210 g/mol. The number of aliphatic carboxylic acids is 1. The first-order valence-corrected chi connectivity index (χ1v) is 4.76. The summed E-state index contributed by atoms with van der Waals surface area (Å²) >= 11 is 0. The van der Waals surface area contributed by atoms with Crippen LogP contribution in [0.5, 0.6) is 0 Å².